The molecule has 38 heavy (non-hydrogen) atoms. The Morgan fingerprint density at radius 1 is 0.974 bits per heavy atom. The summed E-state index contributed by atoms with van der Waals surface area (Å²) in [5.74, 6) is 0.231. The third-order valence-electron chi connectivity index (χ3n) is 7.17. The molecule has 2 N–H and O–H groups in total. The van der Waals surface area contributed by atoms with E-state index >= 15 is 0 Å². The van der Waals surface area contributed by atoms with Crippen LogP contribution in [-0.4, -0.2) is 68.7 Å². The van der Waals surface area contributed by atoms with Crippen LogP contribution < -0.4 is 19.1 Å². The lowest BCUT2D eigenvalue weighted by molar-refractivity contribution is -0.895. The number of rotatable bonds is 13. The fourth-order valence-electron chi connectivity index (χ4n) is 4.80. The normalized spacial score (nSPS) is 16.8. The summed E-state index contributed by atoms with van der Waals surface area (Å²) in [6.45, 7) is 11.7. The van der Waals surface area contributed by atoms with Crippen molar-refractivity contribution in [1.29, 1.82) is 0 Å². The molecule has 1 heterocycles. The van der Waals surface area contributed by atoms with Crippen molar-refractivity contribution in [3.8, 4) is 17.2 Å². The number of unbranched alkanes of at least 4 members (excludes halogenated alkanes) is 1. The summed E-state index contributed by atoms with van der Waals surface area (Å²) in [7, 11) is 3.09. The summed E-state index contributed by atoms with van der Waals surface area (Å²) in [4.78, 5) is 29.6. The number of nitrogens with zero attached hydrogens (tertiary/aromatic N) is 1. The number of carbonyl (C=O) groups is 2. The highest BCUT2D eigenvalue weighted by Gasteiger charge is 2.46. The molecule has 0 radical (unpaired) electrons. The van der Waals surface area contributed by atoms with Gasteiger partial charge in [-0.25, -0.2) is 0 Å². The molecule has 0 unspecified atom stereocenters. The van der Waals surface area contributed by atoms with Gasteiger partial charge in [0.1, 0.15) is 11.5 Å². The molecule has 0 aromatic heterocycles. The minimum absolute atomic E-state index is 0.0656. The number of nitrogens with one attached hydrogen (secondary N) is 1. The SMILES string of the molecule is CCCCOc1ccc(C(O)=C2C(=O)C(=O)N(CC[NH+](CC)CC)[C@H]2c2ccc(OC)c(OC)c2)cc1C. The number of ketones is 1. The van der Waals surface area contributed by atoms with Gasteiger partial charge >= 0.3 is 0 Å². The van der Waals surface area contributed by atoms with Crippen molar-refractivity contribution in [2.24, 2.45) is 0 Å². The quantitative estimate of drug-likeness (QED) is 0.180. The number of aryl methyl sites for hydroxylation is 1. The van der Waals surface area contributed by atoms with Crippen LogP contribution in [0, 0.1) is 6.92 Å². The molecule has 0 bridgehead atoms. The van der Waals surface area contributed by atoms with Gasteiger partial charge in [0.25, 0.3) is 11.7 Å². The molecule has 1 aliphatic rings. The highest BCUT2D eigenvalue weighted by molar-refractivity contribution is 6.46. The first-order valence-corrected chi connectivity index (χ1v) is 13.4. The minimum Gasteiger partial charge on any atom is -0.507 e. The Morgan fingerprint density at radius 2 is 1.66 bits per heavy atom. The number of amides is 1. The first-order chi connectivity index (χ1) is 18.3. The lowest BCUT2D eigenvalue weighted by Gasteiger charge is -2.27. The van der Waals surface area contributed by atoms with Gasteiger partial charge in [0.05, 0.1) is 58.6 Å². The summed E-state index contributed by atoms with van der Waals surface area (Å²) in [6.07, 6.45) is 1.98. The molecule has 3 rings (SSSR count). The third-order valence-corrected chi connectivity index (χ3v) is 7.17. The Bertz CT molecular complexity index is 1170. The van der Waals surface area contributed by atoms with Gasteiger partial charge in [-0.05, 0) is 68.7 Å². The van der Waals surface area contributed by atoms with Gasteiger partial charge in [-0.2, -0.15) is 0 Å². The second-order valence-corrected chi connectivity index (χ2v) is 9.50. The zero-order chi connectivity index (χ0) is 27.8. The Balaban J connectivity index is 2.10. The highest BCUT2D eigenvalue weighted by Crippen LogP contribution is 2.42. The molecule has 0 saturated carbocycles. The topological polar surface area (TPSA) is 89.7 Å². The Labute approximate surface area is 225 Å². The maximum absolute atomic E-state index is 13.4. The van der Waals surface area contributed by atoms with E-state index in [1.165, 1.54) is 12.0 Å². The molecular formula is C30H41N2O6+. The Hall–Kier alpha value is -3.52. The van der Waals surface area contributed by atoms with E-state index in [9.17, 15) is 14.7 Å². The van der Waals surface area contributed by atoms with Crippen LogP contribution in [0.5, 0.6) is 17.2 Å². The van der Waals surface area contributed by atoms with Crippen LogP contribution in [0.1, 0.15) is 56.3 Å². The second kappa shape index (κ2) is 13.3. The van der Waals surface area contributed by atoms with Crippen LogP contribution in [0.3, 0.4) is 0 Å². The van der Waals surface area contributed by atoms with Crippen molar-refractivity contribution in [2.45, 2.75) is 46.6 Å². The van der Waals surface area contributed by atoms with Crippen molar-refractivity contribution < 1.29 is 33.8 Å². The lowest BCUT2D eigenvalue weighted by atomic mass is 9.94. The van der Waals surface area contributed by atoms with E-state index < -0.39 is 17.7 Å². The predicted octanol–water partition coefficient (Wildman–Crippen LogP) is 3.54. The first-order valence-electron chi connectivity index (χ1n) is 13.4. The van der Waals surface area contributed by atoms with E-state index in [1.54, 1.807) is 48.4 Å². The number of likely N-dealkylation sites (tertiary alicyclic amines) is 1. The summed E-state index contributed by atoms with van der Waals surface area (Å²) in [6, 6.07) is 9.86. The van der Waals surface area contributed by atoms with Gasteiger partial charge in [-0.15, -0.1) is 0 Å². The summed E-state index contributed by atoms with van der Waals surface area (Å²) < 4.78 is 16.7. The standard InChI is InChI=1S/C30H40N2O6/c1-7-10-17-38-23-13-12-22(18-20(23)4)28(33)26-27(21-11-14-24(36-5)25(19-21)37-6)32(30(35)29(26)34)16-15-31(8-2)9-3/h11-14,18-19,27,33H,7-10,15-17H2,1-6H3/p+1/t27-/m0/s1. The number of benzene rings is 2. The molecule has 1 aliphatic heterocycles. The van der Waals surface area contributed by atoms with Gasteiger partial charge < -0.3 is 29.1 Å². The lowest BCUT2D eigenvalue weighted by Crippen LogP contribution is -3.12. The van der Waals surface area contributed by atoms with Gasteiger partial charge in [0.2, 0.25) is 0 Å². The minimum atomic E-state index is -0.759. The van der Waals surface area contributed by atoms with Gasteiger partial charge in [0, 0.05) is 5.56 Å². The van der Waals surface area contributed by atoms with Crippen molar-refractivity contribution in [2.75, 3.05) is 47.0 Å². The molecule has 1 saturated heterocycles. The molecule has 8 nitrogen and oxygen atoms in total. The number of aliphatic hydroxyl groups is 1. The monoisotopic (exact) mass is 525 g/mol. The third kappa shape index (κ3) is 6.13. The molecule has 1 amide bonds. The van der Waals surface area contributed by atoms with Gasteiger partial charge in [-0.3, -0.25) is 9.59 Å². The highest BCUT2D eigenvalue weighted by atomic mass is 16.5. The molecule has 1 atom stereocenters. The summed E-state index contributed by atoms with van der Waals surface area (Å²) in [5, 5.41) is 11.5. The Morgan fingerprint density at radius 3 is 2.26 bits per heavy atom. The average Bonchev–Trinajstić information content (AvgIpc) is 3.18. The van der Waals surface area contributed by atoms with Crippen LogP contribution in [0.15, 0.2) is 42.0 Å². The summed E-state index contributed by atoms with van der Waals surface area (Å²) in [5.41, 5.74) is 2.03. The molecule has 2 aromatic rings. The number of carbonyl (C=O) groups excluding carboxylic acids is 2. The number of aliphatic hydroxyl groups excluding tert-OH is 1. The molecule has 0 aliphatic carbocycles. The number of methoxy groups -OCH3 is 2. The van der Waals surface area contributed by atoms with Crippen LogP contribution in [-0.2, 0) is 9.59 Å². The molecule has 0 spiro atoms. The van der Waals surface area contributed by atoms with E-state index in [-0.39, 0.29) is 11.3 Å². The molecule has 8 heteroatoms. The fourth-order valence-corrected chi connectivity index (χ4v) is 4.80. The van der Waals surface area contributed by atoms with Crippen molar-refractivity contribution in [3.63, 3.8) is 0 Å². The molecular weight excluding hydrogens is 484 g/mol. The first kappa shape index (κ1) is 29.0. The average molecular weight is 526 g/mol. The van der Waals surface area contributed by atoms with Gasteiger partial charge in [-0.1, -0.05) is 19.4 Å². The van der Waals surface area contributed by atoms with E-state index in [0.29, 0.717) is 42.3 Å². The van der Waals surface area contributed by atoms with Crippen LogP contribution >= 0.6 is 0 Å². The largest absolute Gasteiger partial charge is 0.507 e. The number of hydrogen-bond acceptors (Lipinski definition) is 6. The number of hydrogen-bond donors (Lipinski definition) is 2. The zero-order valence-electron chi connectivity index (χ0n) is 23.4. The maximum Gasteiger partial charge on any atom is 0.295 e. The van der Waals surface area contributed by atoms with E-state index in [2.05, 4.69) is 20.8 Å². The maximum atomic E-state index is 13.4. The van der Waals surface area contributed by atoms with E-state index in [0.717, 1.165) is 37.2 Å². The van der Waals surface area contributed by atoms with Gasteiger partial charge in [0.15, 0.2) is 11.5 Å². The zero-order valence-corrected chi connectivity index (χ0v) is 23.4. The molecule has 2 aromatic carbocycles. The van der Waals surface area contributed by atoms with Crippen LogP contribution in [0.25, 0.3) is 5.76 Å². The number of likely N-dealkylation sites (N-methyl/N-ethyl adjacent to an activating group) is 1. The number of ether oxygens (including phenoxy) is 3. The summed E-state index contributed by atoms with van der Waals surface area (Å²) >= 11 is 0. The van der Waals surface area contributed by atoms with Crippen LogP contribution in [0.2, 0.25) is 0 Å². The van der Waals surface area contributed by atoms with Crippen molar-refractivity contribution in [3.05, 3.63) is 58.7 Å². The Kier molecular flexibility index (Phi) is 10.2. The second-order valence-electron chi connectivity index (χ2n) is 9.50. The predicted molar refractivity (Wildman–Crippen MR) is 147 cm³/mol. The number of Topliss-reactive ketones (excluding diaryl/α,β-unsaturated/α-hetero) is 1. The van der Waals surface area contributed by atoms with Crippen molar-refractivity contribution in [1.82, 2.24) is 4.90 Å². The molecule has 206 valence electrons. The smallest absolute Gasteiger partial charge is 0.295 e. The van der Waals surface area contributed by atoms with Crippen molar-refractivity contribution >= 4 is 17.4 Å². The van der Waals surface area contributed by atoms with E-state index in [1.807, 2.05) is 6.92 Å². The van der Waals surface area contributed by atoms with Crippen LogP contribution in [0.4, 0.5) is 0 Å². The van der Waals surface area contributed by atoms with E-state index in [4.69, 9.17) is 14.2 Å². The molecule has 1 fully saturated rings. The number of quaternary nitrogens is 1. The fraction of sp³-hybridized carbons (Fsp3) is 0.467.